The van der Waals surface area contributed by atoms with Crippen molar-refractivity contribution >= 4 is 15.9 Å². The third-order valence-electron chi connectivity index (χ3n) is 2.25. The van der Waals surface area contributed by atoms with E-state index in [0.29, 0.717) is 10.0 Å². The van der Waals surface area contributed by atoms with Crippen molar-refractivity contribution in [2.75, 3.05) is 0 Å². The van der Waals surface area contributed by atoms with Gasteiger partial charge in [0.1, 0.15) is 5.82 Å². The van der Waals surface area contributed by atoms with Crippen LogP contribution in [0.1, 0.15) is 5.56 Å². The lowest BCUT2D eigenvalue weighted by atomic mass is 10.2. The molecule has 17 heavy (non-hydrogen) atoms. The van der Waals surface area contributed by atoms with E-state index in [-0.39, 0.29) is 6.54 Å². The number of halogens is 2. The zero-order chi connectivity index (χ0) is 12.4. The first-order chi connectivity index (χ1) is 8.06. The summed E-state index contributed by atoms with van der Waals surface area (Å²) >= 11 is 3.15. The van der Waals surface area contributed by atoms with Crippen LogP contribution in [0.5, 0.6) is 0 Å². The molecule has 0 saturated heterocycles. The molecule has 0 amide bonds. The lowest BCUT2D eigenvalue weighted by molar-refractivity contribution is 0.592. The molecule has 1 aromatic heterocycles. The number of aromatic nitrogens is 2. The summed E-state index contributed by atoms with van der Waals surface area (Å²) in [5.41, 5.74) is -0.648. The minimum absolute atomic E-state index is 0.0781. The van der Waals surface area contributed by atoms with Crippen LogP contribution in [0.3, 0.4) is 0 Å². The average Bonchev–Trinajstić information content (AvgIpc) is 2.25. The van der Waals surface area contributed by atoms with Crippen molar-refractivity contribution in [1.82, 2.24) is 9.55 Å². The third-order valence-corrected chi connectivity index (χ3v) is 2.75. The molecule has 0 aliphatic heterocycles. The van der Waals surface area contributed by atoms with Gasteiger partial charge >= 0.3 is 5.69 Å². The monoisotopic (exact) mass is 298 g/mol. The van der Waals surface area contributed by atoms with E-state index in [1.54, 1.807) is 12.1 Å². The Labute approximate surface area is 104 Å². The second-order valence-corrected chi connectivity index (χ2v) is 4.39. The fourth-order valence-corrected chi connectivity index (χ4v) is 1.74. The summed E-state index contributed by atoms with van der Waals surface area (Å²) in [6.07, 6.45) is 1.34. The minimum atomic E-state index is -0.556. The van der Waals surface area contributed by atoms with E-state index in [4.69, 9.17) is 0 Å². The molecule has 6 heteroatoms. The molecule has 0 aliphatic carbocycles. The largest absolute Gasteiger partial charge is 0.328 e. The second-order valence-electron chi connectivity index (χ2n) is 3.47. The van der Waals surface area contributed by atoms with Crippen molar-refractivity contribution in [3.05, 3.63) is 67.2 Å². The third kappa shape index (κ3) is 2.71. The average molecular weight is 299 g/mol. The lowest BCUT2D eigenvalue weighted by Crippen LogP contribution is -2.29. The second kappa shape index (κ2) is 4.67. The van der Waals surface area contributed by atoms with Crippen molar-refractivity contribution in [2.45, 2.75) is 6.54 Å². The van der Waals surface area contributed by atoms with E-state index in [0.717, 1.165) is 0 Å². The first-order valence-electron chi connectivity index (χ1n) is 4.80. The topological polar surface area (TPSA) is 54.9 Å². The van der Waals surface area contributed by atoms with E-state index in [2.05, 4.69) is 20.9 Å². The summed E-state index contributed by atoms with van der Waals surface area (Å²) in [5, 5.41) is 0. The highest BCUT2D eigenvalue weighted by atomic mass is 79.9. The molecule has 0 saturated carbocycles. The molecular weight excluding hydrogens is 291 g/mol. The summed E-state index contributed by atoms with van der Waals surface area (Å²) in [7, 11) is 0. The van der Waals surface area contributed by atoms with E-state index in [1.807, 2.05) is 0 Å². The van der Waals surface area contributed by atoms with Gasteiger partial charge in [-0.1, -0.05) is 22.0 Å². The highest BCUT2D eigenvalue weighted by Gasteiger charge is 2.04. The standard InChI is InChI=1S/C11H8BrFN2O2/c12-8-2-1-7(9(13)5-8)6-15-4-3-10(16)14-11(15)17/h1-5H,6H2,(H,14,16,17). The molecule has 88 valence electrons. The van der Waals surface area contributed by atoms with Gasteiger partial charge in [0, 0.05) is 22.3 Å². The van der Waals surface area contributed by atoms with Crippen molar-refractivity contribution < 1.29 is 4.39 Å². The number of hydrogen-bond acceptors (Lipinski definition) is 2. The number of aromatic amines is 1. The fourth-order valence-electron chi connectivity index (χ4n) is 1.40. The van der Waals surface area contributed by atoms with E-state index < -0.39 is 17.1 Å². The van der Waals surface area contributed by atoms with Crippen LogP contribution >= 0.6 is 15.9 Å². The Kier molecular flexibility index (Phi) is 3.23. The van der Waals surface area contributed by atoms with Gasteiger partial charge in [-0.15, -0.1) is 0 Å². The van der Waals surface area contributed by atoms with Crippen LogP contribution in [0.15, 0.2) is 44.5 Å². The summed E-state index contributed by atoms with van der Waals surface area (Å²) in [6, 6.07) is 5.82. The maximum absolute atomic E-state index is 13.5. The Hall–Kier alpha value is -1.69. The van der Waals surface area contributed by atoms with Crippen molar-refractivity contribution in [1.29, 1.82) is 0 Å². The van der Waals surface area contributed by atoms with E-state index in [1.165, 1.54) is 22.9 Å². The highest BCUT2D eigenvalue weighted by molar-refractivity contribution is 9.10. The first kappa shape index (κ1) is 11.8. The summed E-state index contributed by atoms with van der Waals surface area (Å²) in [6.45, 7) is 0.0781. The van der Waals surface area contributed by atoms with E-state index in [9.17, 15) is 14.0 Å². The Morgan fingerprint density at radius 1 is 1.29 bits per heavy atom. The van der Waals surface area contributed by atoms with E-state index >= 15 is 0 Å². The number of hydrogen-bond donors (Lipinski definition) is 1. The molecule has 1 N–H and O–H groups in total. The molecule has 0 atom stereocenters. The Morgan fingerprint density at radius 3 is 2.71 bits per heavy atom. The Morgan fingerprint density at radius 2 is 2.06 bits per heavy atom. The fraction of sp³-hybridized carbons (Fsp3) is 0.0909. The number of H-pyrrole nitrogens is 1. The normalized spacial score (nSPS) is 10.5. The van der Waals surface area contributed by atoms with Crippen LogP contribution in [-0.4, -0.2) is 9.55 Å². The van der Waals surface area contributed by atoms with Gasteiger partial charge in [0.2, 0.25) is 0 Å². The van der Waals surface area contributed by atoms with Gasteiger partial charge in [-0.3, -0.25) is 14.3 Å². The first-order valence-corrected chi connectivity index (χ1v) is 5.59. The molecule has 4 nitrogen and oxygen atoms in total. The van der Waals surface area contributed by atoms with Gasteiger partial charge in [-0.05, 0) is 12.1 Å². The molecule has 2 rings (SSSR count). The molecule has 0 unspecified atom stereocenters. The van der Waals surface area contributed by atoms with Gasteiger partial charge < -0.3 is 0 Å². The number of rotatable bonds is 2. The summed E-state index contributed by atoms with van der Waals surface area (Å²) in [4.78, 5) is 24.4. The molecule has 0 fully saturated rings. The Balaban J connectivity index is 2.38. The lowest BCUT2D eigenvalue weighted by Gasteiger charge is -2.06. The van der Waals surface area contributed by atoms with Crippen molar-refractivity contribution in [2.24, 2.45) is 0 Å². The minimum Gasteiger partial charge on any atom is -0.296 e. The van der Waals surface area contributed by atoms with Gasteiger partial charge in [-0.2, -0.15) is 0 Å². The maximum Gasteiger partial charge on any atom is 0.328 e. The zero-order valence-electron chi connectivity index (χ0n) is 8.61. The molecular formula is C11H8BrFN2O2. The maximum atomic E-state index is 13.5. The summed E-state index contributed by atoms with van der Waals surface area (Å²) in [5.74, 6) is -0.405. The molecule has 1 aromatic carbocycles. The molecule has 0 spiro atoms. The molecule has 2 aromatic rings. The van der Waals surface area contributed by atoms with Crippen molar-refractivity contribution in [3.63, 3.8) is 0 Å². The van der Waals surface area contributed by atoms with Gasteiger partial charge in [0.15, 0.2) is 0 Å². The van der Waals surface area contributed by atoms with Crippen molar-refractivity contribution in [3.8, 4) is 0 Å². The number of nitrogens with zero attached hydrogens (tertiary/aromatic N) is 1. The molecule has 0 aliphatic rings. The van der Waals surface area contributed by atoms with Crippen LogP contribution in [0, 0.1) is 5.82 Å². The predicted octanol–water partition coefficient (Wildman–Crippen LogP) is 1.49. The van der Waals surface area contributed by atoms with Gasteiger partial charge in [0.05, 0.1) is 6.54 Å². The van der Waals surface area contributed by atoms with Crippen LogP contribution in [-0.2, 0) is 6.54 Å². The highest BCUT2D eigenvalue weighted by Crippen LogP contribution is 2.15. The Bertz CT molecular complexity index is 663. The number of nitrogens with one attached hydrogen (secondary N) is 1. The van der Waals surface area contributed by atoms with Crippen LogP contribution in [0.2, 0.25) is 0 Å². The zero-order valence-corrected chi connectivity index (χ0v) is 10.2. The molecule has 0 bridgehead atoms. The van der Waals surface area contributed by atoms with Gasteiger partial charge in [0.25, 0.3) is 5.56 Å². The quantitative estimate of drug-likeness (QED) is 0.913. The SMILES string of the molecule is O=c1ccn(Cc2ccc(Br)cc2F)c(=O)[nH]1. The van der Waals surface area contributed by atoms with Crippen LogP contribution in [0.4, 0.5) is 4.39 Å². The predicted molar refractivity (Wildman–Crippen MR) is 64.5 cm³/mol. The number of benzene rings is 1. The smallest absolute Gasteiger partial charge is 0.296 e. The van der Waals surface area contributed by atoms with Crippen LogP contribution in [0.25, 0.3) is 0 Å². The molecule has 0 radical (unpaired) electrons. The molecule has 1 heterocycles. The van der Waals surface area contributed by atoms with Crippen LogP contribution < -0.4 is 11.2 Å². The van der Waals surface area contributed by atoms with Gasteiger partial charge in [-0.25, -0.2) is 9.18 Å². The summed E-state index contributed by atoms with van der Waals surface area (Å²) < 4.78 is 15.4.